The Labute approximate surface area is 162 Å². The number of carbonyl (C=O) groups excluding carboxylic acids is 2. The molecular formula is C19H14F4N2O4. The fraction of sp³-hybridized carbons (Fsp3) is 0.263. The molecule has 0 aromatic heterocycles. The van der Waals surface area contributed by atoms with Crippen LogP contribution in [0.5, 0.6) is 11.5 Å². The van der Waals surface area contributed by atoms with Crippen molar-refractivity contribution < 1.29 is 36.6 Å². The molecule has 2 aromatic rings. The van der Waals surface area contributed by atoms with Crippen molar-refractivity contribution in [2.45, 2.75) is 12.2 Å². The van der Waals surface area contributed by atoms with E-state index in [-0.39, 0.29) is 18.0 Å². The highest BCUT2D eigenvalue weighted by Gasteiger charge is 2.47. The van der Waals surface area contributed by atoms with E-state index in [1.165, 1.54) is 36.2 Å². The lowest BCUT2D eigenvalue weighted by Gasteiger charge is -2.17. The highest BCUT2D eigenvalue weighted by atomic mass is 19.3. The molecule has 1 N–H and O–H groups in total. The van der Waals surface area contributed by atoms with Crippen molar-refractivity contribution in [2.75, 3.05) is 18.9 Å². The summed E-state index contributed by atoms with van der Waals surface area (Å²) >= 11 is 0. The zero-order chi connectivity index (χ0) is 20.9. The molecule has 2 aliphatic rings. The minimum Gasteiger partial charge on any atom is -0.395 e. The molecule has 2 aliphatic heterocycles. The molecule has 29 heavy (non-hydrogen) atoms. The summed E-state index contributed by atoms with van der Waals surface area (Å²) in [5.74, 6) is -6.13. The number of amides is 2. The summed E-state index contributed by atoms with van der Waals surface area (Å²) in [6, 6.07) is 7.25. The summed E-state index contributed by atoms with van der Waals surface area (Å²) in [5, 5.41) is 2.23. The Kier molecular flexibility index (Phi) is 4.36. The molecule has 0 aliphatic carbocycles. The molecule has 2 heterocycles. The smallest absolute Gasteiger partial charge is 0.395 e. The lowest BCUT2D eigenvalue weighted by atomic mass is 9.87. The maximum absolute atomic E-state index is 13.9. The van der Waals surface area contributed by atoms with Gasteiger partial charge in [0, 0.05) is 19.5 Å². The van der Waals surface area contributed by atoms with Gasteiger partial charge in [0.1, 0.15) is 5.92 Å². The predicted octanol–water partition coefficient (Wildman–Crippen LogP) is 3.10. The fourth-order valence-electron chi connectivity index (χ4n) is 3.50. The van der Waals surface area contributed by atoms with Crippen molar-refractivity contribution >= 4 is 17.5 Å². The van der Waals surface area contributed by atoms with Gasteiger partial charge < -0.3 is 19.7 Å². The van der Waals surface area contributed by atoms with Crippen LogP contribution in [0.4, 0.5) is 23.2 Å². The Hall–Kier alpha value is -3.30. The number of rotatable bonds is 3. The quantitative estimate of drug-likeness (QED) is 0.624. The summed E-state index contributed by atoms with van der Waals surface area (Å²) < 4.78 is 62.5. The first-order valence-electron chi connectivity index (χ1n) is 8.56. The third kappa shape index (κ3) is 3.34. The number of alkyl halides is 2. The normalized spacial score (nSPS) is 22.1. The fourth-order valence-corrected chi connectivity index (χ4v) is 3.50. The zero-order valence-electron chi connectivity index (χ0n) is 14.9. The van der Waals surface area contributed by atoms with E-state index in [1.807, 2.05) is 0 Å². The molecule has 10 heteroatoms. The molecule has 152 valence electrons. The molecule has 2 unspecified atom stereocenters. The van der Waals surface area contributed by atoms with Crippen LogP contribution >= 0.6 is 0 Å². The number of nitrogens with one attached hydrogen (secondary N) is 1. The second kappa shape index (κ2) is 6.64. The van der Waals surface area contributed by atoms with Crippen LogP contribution in [0.1, 0.15) is 11.5 Å². The number of benzene rings is 2. The highest BCUT2D eigenvalue weighted by Crippen LogP contribution is 2.44. The van der Waals surface area contributed by atoms with E-state index >= 15 is 0 Å². The van der Waals surface area contributed by atoms with Crippen molar-refractivity contribution in [3.05, 3.63) is 53.6 Å². The second-order valence-electron chi connectivity index (χ2n) is 6.77. The number of nitrogens with zero attached hydrogens (tertiary/aromatic N) is 1. The van der Waals surface area contributed by atoms with E-state index in [0.717, 1.165) is 12.1 Å². The number of fused-ring (bicyclic) bond motifs is 1. The van der Waals surface area contributed by atoms with Gasteiger partial charge in [0.15, 0.2) is 23.1 Å². The molecular weight excluding hydrogens is 396 g/mol. The molecule has 2 atom stereocenters. The standard InChI is InChI=1S/C19H14F4N2O4/c1-25-8-10(9-5-6-13-14(7-9)29-19(22,23)28-13)15(18(25)27)17(26)24-12-4-2-3-11(20)16(12)21/h2-7,10,15H,8H2,1H3,(H,24,26). The summed E-state index contributed by atoms with van der Waals surface area (Å²) in [4.78, 5) is 26.6. The Morgan fingerprint density at radius 3 is 2.66 bits per heavy atom. The number of carbonyl (C=O) groups is 2. The number of hydrogen-bond donors (Lipinski definition) is 1. The molecule has 0 bridgehead atoms. The van der Waals surface area contributed by atoms with E-state index in [4.69, 9.17) is 0 Å². The third-order valence-electron chi connectivity index (χ3n) is 4.86. The van der Waals surface area contributed by atoms with Crippen molar-refractivity contribution in [3.63, 3.8) is 0 Å². The Bertz CT molecular complexity index is 1010. The summed E-state index contributed by atoms with van der Waals surface area (Å²) in [5.41, 5.74) is -0.0101. The number of likely N-dealkylation sites (N-methyl/N-ethyl adjacent to an activating group) is 1. The Morgan fingerprint density at radius 1 is 1.17 bits per heavy atom. The average molecular weight is 410 g/mol. The van der Waals surface area contributed by atoms with Crippen LogP contribution in [-0.4, -0.2) is 36.6 Å². The van der Waals surface area contributed by atoms with Gasteiger partial charge in [0.05, 0.1) is 5.69 Å². The first-order valence-corrected chi connectivity index (χ1v) is 8.56. The van der Waals surface area contributed by atoms with Crippen molar-refractivity contribution in [1.82, 2.24) is 4.90 Å². The van der Waals surface area contributed by atoms with Crippen molar-refractivity contribution in [2.24, 2.45) is 5.92 Å². The van der Waals surface area contributed by atoms with Gasteiger partial charge in [-0.3, -0.25) is 9.59 Å². The first-order chi connectivity index (χ1) is 13.7. The van der Waals surface area contributed by atoms with Gasteiger partial charge in [-0.05, 0) is 29.8 Å². The number of anilines is 1. The minimum absolute atomic E-state index is 0.124. The largest absolute Gasteiger partial charge is 0.586 e. The SMILES string of the molecule is CN1CC(c2ccc3c(c2)OC(F)(F)O3)C(C(=O)Nc2cccc(F)c2F)C1=O. The van der Waals surface area contributed by atoms with E-state index in [2.05, 4.69) is 14.8 Å². The number of ether oxygens (including phenoxy) is 2. The van der Waals surface area contributed by atoms with Crippen LogP contribution in [0, 0.1) is 17.6 Å². The topological polar surface area (TPSA) is 67.9 Å². The van der Waals surface area contributed by atoms with Crippen LogP contribution in [0.25, 0.3) is 0 Å². The van der Waals surface area contributed by atoms with Crippen LogP contribution in [0.2, 0.25) is 0 Å². The third-order valence-corrected chi connectivity index (χ3v) is 4.86. The van der Waals surface area contributed by atoms with Crippen molar-refractivity contribution in [3.8, 4) is 11.5 Å². The van der Waals surface area contributed by atoms with Crippen LogP contribution in [-0.2, 0) is 9.59 Å². The monoisotopic (exact) mass is 410 g/mol. The second-order valence-corrected chi connectivity index (χ2v) is 6.77. The van der Waals surface area contributed by atoms with Gasteiger partial charge in [-0.15, -0.1) is 8.78 Å². The van der Waals surface area contributed by atoms with Gasteiger partial charge in [0.2, 0.25) is 11.8 Å². The summed E-state index contributed by atoms with van der Waals surface area (Å²) in [7, 11) is 1.48. The molecule has 1 fully saturated rings. The number of halogens is 4. The molecule has 0 saturated carbocycles. The molecule has 6 nitrogen and oxygen atoms in total. The first kappa shape index (κ1) is 19.0. The van der Waals surface area contributed by atoms with E-state index in [1.54, 1.807) is 0 Å². The van der Waals surface area contributed by atoms with Crippen LogP contribution < -0.4 is 14.8 Å². The zero-order valence-corrected chi connectivity index (χ0v) is 14.9. The van der Waals surface area contributed by atoms with Gasteiger partial charge in [-0.2, -0.15) is 0 Å². The van der Waals surface area contributed by atoms with E-state index < -0.39 is 47.3 Å². The Balaban J connectivity index is 1.63. The molecule has 4 rings (SSSR count). The number of likely N-dealkylation sites (tertiary alicyclic amines) is 1. The predicted molar refractivity (Wildman–Crippen MR) is 91.5 cm³/mol. The summed E-state index contributed by atoms with van der Waals surface area (Å²) in [6.45, 7) is 0.124. The van der Waals surface area contributed by atoms with Gasteiger partial charge in [-0.1, -0.05) is 12.1 Å². The summed E-state index contributed by atoms with van der Waals surface area (Å²) in [6.07, 6.45) is -3.80. The lowest BCUT2D eigenvalue weighted by molar-refractivity contribution is -0.286. The van der Waals surface area contributed by atoms with E-state index in [0.29, 0.717) is 5.56 Å². The van der Waals surface area contributed by atoms with Crippen LogP contribution in [0.15, 0.2) is 36.4 Å². The Morgan fingerprint density at radius 2 is 1.90 bits per heavy atom. The maximum Gasteiger partial charge on any atom is 0.586 e. The molecule has 2 amide bonds. The maximum atomic E-state index is 13.9. The molecule has 2 aromatic carbocycles. The van der Waals surface area contributed by atoms with Crippen LogP contribution in [0.3, 0.4) is 0 Å². The molecule has 1 saturated heterocycles. The highest BCUT2D eigenvalue weighted by molar-refractivity contribution is 6.08. The minimum atomic E-state index is -3.80. The van der Waals surface area contributed by atoms with E-state index in [9.17, 15) is 27.2 Å². The van der Waals surface area contributed by atoms with Gasteiger partial charge >= 0.3 is 6.29 Å². The lowest BCUT2D eigenvalue weighted by Crippen LogP contribution is -2.33. The van der Waals surface area contributed by atoms with Crippen molar-refractivity contribution in [1.29, 1.82) is 0 Å². The van der Waals surface area contributed by atoms with Gasteiger partial charge in [0.25, 0.3) is 0 Å². The average Bonchev–Trinajstić information content (AvgIpc) is 3.12. The molecule has 0 radical (unpaired) electrons. The number of hydrogen-bond acceptors (Lipinski definition) is 4. The molecule has 0 spiro atoms. The van der Waals surface area contributed by atoms with Gasteiger partial charge in [-0.25, -0.2) is 8.78 Å².